The zero-order chi connectivity index (χ0) is 13.9. The average molecular weight is 260 g/mol. The molecule has 2 rings (SSSR count). The van der Waals surface area contributed by atoms with Crippen LogP contribution in [0.4, 0.5) is 0 Å². The van der Waals surface area contributed by atoms with Gasteiger partial charge in [0.25, 0.3) is 0 Å². The molecule has 1 fully saturated rings. The first kappa shape index (κ1) is 14.3. The van der Waals surface area contributed by atoms with Crippen molar-refractivity contribution in [3.63, 3.8) is 0 Å². The summed E-state index contributed by atoms with van der Waals surface area (Å²) in [6.45, 7) is 4.37. The van der Waals surface area contributed by atoms with Crippen molar-refractivity contribution in [2.75, 3.05) is 7.11 Å². The van der Waals surface area contributed by atoms with Gasteiger partial charge in [0.2, 0.25) is 0 Å². The third-order valence-electron chi connectivity index (χ3n) is 4.51. The van der Waals surface area contributed by atoms with E-state index in [0.29, 0.717) is 5.92 Å². The Labute approximate surface area is 116 Å². The van der Waals surface area contributed by atoms with E-state index in [4.69, 9.17) is 4.74 Å². The lowest BCUT2D eigenvalue weighted by Gasteiger charge is -2.37. The Hall–Kier alpha value is -1.15. The van der Waals surface area contributed by atoms with Gasteiger partial charge >= 0.3 is 0 Å². The average Bonchev–Trinajstić information content (AvgIpc) is 2.48. The van der Waals surface area contributed by atoms with Crippen molar-refractivity contribution in [2.45, 2.75) is 51.6 Å². The molecule has 1 saturated carbocycles. The highest BCUT2D eigenvalue weighted by atomic mass is 16.5. The molecule has 1 aromatic rings. The van der Waals surface area contributed by atoms with Gasteiger partial charge in [-0.3, -0.25) is 4.79 Å². The molecular weight excluding hydrogens is 236 g/mol. The maximum Gasteiger partial charge on any atom is 0.194 e. The molecule has 0 radical (unpaired) electrons. The van der Waals surface area contributed by atoms with E-state index in [9.17, 15) is 4.79 Å². The van der Waals surface area contributed by atoms with Crippen LogP contribution in [-0.4, -0.2) is 18.5 Å². The number of hydrogen-bond donors (Lipinski definition) is 0. The van der Waals surface area contributed by atoms with Crippen molar-refractivity contribution in [3.8, 4) is 0 Å². The summed E-state index contributed by atoms with van der Waals surface area (Å²) in [5, 5.41) is 0. The molecule has 0 amide bonds. The van der Waals surface area contributed by atoms with Crippen LogP contribution in [0.15, 0.2) is 24.3 Å². The van der Waals surface area contributed by atoms with Crippen LogP contribution in [0, 0.1) is 5.92 Å². The van der Waals surface area contributed by atoms with E-state index >= 15 is 0 Å². The zero-order valence-electron chi connectivity index (χ0n) is 12.2. The minimum atomic E-state index is -0.583. The Kier molecular flexibility index (Phi) is 4.41. The molecule has 0 saturated heterocycles. The molecule has 0 heterocycles. The summed E-state index contributed by atoms with van der Waals surface area (Å²) in [6, 6.07) is 7.98. The molecule has 1 aliphatic carbocycles. The smallest absolute Gasteiger partial charge is 0.194 e. The molecule has 104 valence electrons. The molecule has 0 N–H and O–H groups in total. The summed E-state index contributed by atoms with van der Waals surface area (Å²) >= 11 is 0. The summed E-state index contributed by atoms with van der Waals surface area (Å²) in [6.07, 6.45) is 4.85. The van der Waals surface area contributed by atoms with Crippen LogP contribution in [0.25, 0.3) is 0 Å². The number of ether oxygens (including phenoxy) is 1. The van der Waals surface area contributed by atoms with Crippen LogP contribution in [-0.2, 0) is 11.2 Å². The number of rotatable bonds is 4. The van der Waals surface area contributed by atoms with Crippen molar-refractivity contribution < 1.29 is 9.53 Å². The van der Waals surface area contributed by atoms with Crippen LogP contribution in [0.2, 0.25) is 0 Å². The van der Waals surface area contributed by atoms with Crippen LogP contribution in [0.3, 0.4) is 0 Å². The zero-order valence-corrected chi connectivity index (χ0v) is 12.2. The Balaban J connectivity index is 2.20. The van der Waals surface area contributed by atoms with Gasteiger partial charge in [-0.25, -0.2) is 0 Å². The molecule has 0 aliphatic heterocycles. The second-order valence-corrected chi connectivity index (χ2v) is 5.76. The largest absolute Gasteiger partial charge is 0.370 e. The van der Waals surface area contributed by atoms with Crippen molar-refractivity contribution in [2.24, 2.45) is 5.92 Å². The first-order valence-corrected chi connectivity index (χ1v) is 7.30. The number of benzene rings is 1. The van der Waals surface area contributed by atoms with Crippen molar-refractivity contribution in [1.82, 2.24) is 0 Å². The summed E-state index contributed by atoms with van der Waals surface area (Å²) in [5.41, 5.74) is 1.47. The van der Waals surface area contributed by atoms with E-state index < -0.39 is 5.60 Å². The van der Waals surface area contributed by atoms with Crippen molar-refractivity contribution in [1.29, 1.82) is 0 Å². The molecule has 2 heteroatoms. The van der Waals surface area contributed by atoms with E-state index in [1.807, 2.05) is 24.3 Å². The Morgan fingerprint density at radius 3 is 2.32 bits per heavy atom. The fourth-order valence-electron chi connectivity index (χ4n) is 2.91. The summed E-state index contributed by atoms with van der Waals surface area (Å²) in [5.74, 6) is 0.864. The predicted molar refractivity (Wildman–Crippen MR) is 77.5 cm³/mol. The second-order valence-electron chi connectivity index (χ2n) is 5.76. The molecule has 1 aliphatic rings. The SMILES string of the molecule is CCc1ccc(C(=O)C2(OC)CCC(C)CC2)cc1. The molecule has 1 aromatic carbocycles. The predicted octanol–water partition coefficient (Wildman–Crippen LogP) is 4.03. The van der Waals surface area contributed by atoms with Gasteiger partial charge in [-0.2, -0.15) is 0 Å². The van der Waals surface area contributed by atoms with E-state index in [1.165, 1.54) is 5.56 Å². The highest BCUT2D eigenvalue weighted by Gasteiger charge is 2.41. The van der Waals surface area contributed by atoms with Crippen LogP contribution in [0.5, 0.6) is 0 Å². The third-order valence-corrected chi connectivity index (χ3v) is 4.51. The highest BCUT2D eigenvalue weighted by Crippen LogP contribution is 2.36. The van der Waals surface area contributed by atoms with Gasteiger partial charge in [0, 0.05) is 12.7 Å². The van der Waals surface area contributed by atoms with E-state index in [-0.39, 0.29) is 5.78 Å². The molecule has 0 bridgehead atoms. The van der Waals surface area contributed by atoms with Crippen LogP contribution < -0.4 is 0 Å². The molecule has 0 spiro atoms. The van der Waals surface area contributed by atoms with Crippen LogP contribution >= 0.6 is 0 Å². The standard InChI is InChI=1S/C17H24O2/c1-4-14-5-7-15(8-6-14)16(18)17(19-3)11-9-13(2)10-12-17/h5-8,13H,4,9-12H2,1-3H3. The first-order chi connectivity index (χ1) is 9.11. The van der Waals surface area contributed by atoms with Gasteiger partial charge in [-0.05, 0) is 43.6 Å². The summed E-state index contributed by atoms with van der Waals surface area (Å²) in [7, 11) is 1.67. The molecule has 0 atom stereocenters. The number of hydrogen-bond acceptors (Lipinski definition) is 2. The molecule has 0 unspecified atom stereocenters. The quantitative estimate of drug-likeness (QED) is 0.764. The van der Waals surface area contributed by atoms with Gasteiger partial charge < -0.3 is 4.74 Å². The lowest BCUT2D eigenvalue weighted by Crippen LogP contribution is -2.43. The van der Waals surface area contributed by atoms with Crippen LogP contribution in [0.1, 0.15) is 55.5 Å². The lowest BCUT2D eigenvalue weighted by atomic mass is 9.75. The van der Waals surface area contributed by atoms with Gasteiger partial charge in [0.05, 0.1) is 0 Å². The molecule has 19 heavy (non-hydrogen) atoms. The highest BCUT2D eigenvalue weighted by molar-refractivity contribution is 6.02. The van der Waals surface area contributed by atoms with Gasteiger partial charge in [0.1, 0.15) is 5.60 Å². The Morgan fingerprint density at radius 2 is 1.84 bits per heavy atom. The topological polar surface area (TPSA) is 26.3 Å². The van der Waals surface area contributed by atoms with Crippen molar-refractivity contribution >= 4 is 5.78 Å². The fraction of sp³-hybridized carbons (Fsp3) is 0.588. The normalized spacial score (nSPS) is 27.2. The maximum absolute atomic E-state index is 12.7. The summed E-state index contributed by atoms with van der Waals surface area (Å²) < 4.78 is 5.65. The second kappa shape index (κ2) is 5.87. The van der Waals surface area contributed by atoms with E-state index in [2.05, 4.69) is 13.8 Å². The number of ketones is 1. The maximum atomic E-state index is 12.7. The molecule has 2 nitrogen and oxygen atoms in total. The van der Waals surface area contributed by atoms with E-state index in [0.717, 1.165) is 37.7 Å². The minimum absolute atomic E-state index is 0.157. The Morgan fingerprint density at radius 1 is 1.26 bits per heavy atom. The molecule has 0 aromatic heterocycles. The fourth-order valence-corrected chi connectivity index (χ4v) is 2.91. The minimum Gasteiger partial charge on any atom is -0.370 e. The number of Topliss-reactive ketones (excluding diaryl/α,β-unsaturated/α-hetero) is 1. The van der Waals surface area contributed by atoms with Gasteiger partial charge in [-0.15, -0.1) is 0 Å². The van der Waals surface area contributed by atoms with Gasteiger partial charge in [-0.1, -0.05) is 38.1 Å². The summed E-state index contributed by atoms with van der Waals surface area (Å²) in [4.78, 5) is 12.7. The Bertz CT molecular complexity index is 425. The number of carbonyl (C=O) groups excluding carboxylic acids is 1. The van der Waals surface area contributed by atoms with Crippen molar-refractivity contribution in [3.05, 3.63) is 35.4 Å². The monoisotopic (exact) mass is 260 g/mol. The van der Waals surface area contributed by atoms with Gasteiger partial charge in [0.15, 0.2) is 5.78 Å². The third kappa shape index (κ3) is 2.89. The first-order valence-electron chi connectivity index (χ1n) is 7.30. The number of carbonyl (C=O) groups is 1. The molecular formula is C17H24O2. The lowest BCUT2D eigenvalue weighted by molar-refractivity contribution is -0.0263. The number of aryl methyl sites for hydroxylation is 1. The van der Waals surface area contributed by atoms with E-state index in [1.54, 1.807) is 7.11 Å². The number of methoxy groups -OCH3 is 1.